The summed E-state index contributed by atoms with van der Waals surface area (Å²) >= 11 is 0. The predicted octanol–water partition coefficient (Wildman–Crippen LogP) is 1.28. The third kappa shape index (κ3) is 1.59. The van der Waals surface area contributed by atoms with E-state index in [1.165, 1.54) is 7.11 Å². The number of hydrogen-bond donors (Lipinski definition) is 1. The number of aromatic nitrogens is 2. The molecule has 1 heterocycles. The maximum atomic E-state index is 11.0. The smallest absolute Gasteiger partial charge is 0.309 e. The largest absolute Gasteiger partial charge is 0.469 e. The Bertz CT molecular complexity index is 462. The number of benzene rings is 1. The van der Waals surface area contributed by atoms with Gasteiger partial charge in [-0.15, -0.1) is 0 Å². The highest BCUT2D eigenvalue weighted by molar-refractivity contribution is 5.78. The van der Waals surface area contributed by atoms with E-state index in [0.29, 0.717) is 6.42 Å². The van der Waals surface area contributed by atoms with Crippen molar-refractivity contribution < 1.29 is 9.53 Å². The van der Waals surface area contributed by atoms with Gasteiger partial charge in [0.2, 0.25) is 0 Å². The van der Waals surface area contributed by atoms with E-state index in [0.717, 1.165) is 16.6 Å². The molecule has 1 N–H and O–H groups in total. The molecule has 0 amide bonds. The molecule has 0 unspecified atom stereocenters. The zero-order valence-corrected chi connectivity index (χ0v) is 7.78. The Morgan fingerprint density at radius 3 is 3.21 bits per heavy atom. The summed E-state index contributed by atoms with van der Waals surface area (Å²) in [6.07, 6.45) is 1.93. The Morgan fingerprint density at radius 1 is 1.57 bits per heavy atom. The van der Waals surface area contributed by atoms with Crippen molar-refractivity contribution in [2.24, 2.45) is 0 Å². The molecule has 2 rings (SSSR count). The number of esters is 1. The maximum Gasteiger partial charge on any atom is 0.309 e. The first-order valence-electron chi connectivity index (χ1n) is 4.28. The molecule has 4 nitrogen and oxygen atoms in total. The van der Waals surface area contributed by atoms with E-state index in [-0.39, 0.29) is 5.97 Å². The Hall–Kier alpha value is -1.84. The Morgan fingerprint density at radius 2 is 2.43 bits per heavy atom. The van der Waals surface area contributed by atoms with Crippen LogP contribution in [0.1, 0.15) is 5.56 Å². The van der Waals surface area contributed by atoms with Crippen molar-refractivity contribution >= 4 is 17.0 Å². The van der Waals surface area contributed by atoms with E-state index in [1.54, 1.807) is 6.33 Å². The fourth-order valence-corrected chi connectivity index (χ4v) is 1.33. The zero-order chi connectivity index (χ0) is 9.97. The van der Waals surface area contributed by atoms with Crippen LogP contribution >= 0.6 is 0 Å². The number of hydrogen-bond acceptors (Lipinski definition) is 3. The topological polar surface area (TPSA) is 55.0 Å². The normalized spacial score (nSPS) is 10.4. The number of rotatable bonds is 2. The molecule has 0 saturated carbocycles. The predicted molar refractivity (Wildman–Crippen MR) is 51.8 cm³/mol. The summed E-state index contributed by atoms with van der Waals surface area (Å²) in [6, 6.07) is 5.66. The number of H-pyrrole nitrogens is 1. The first kappa shape index (κ1) is 8.74. The van der Waals surface area contributed by atoms with Crippen LogP contribution in [0.3, 0.4) is 0 Å². The highest BCUT2D eigenvalue weighted by Gasteiger charge is 2.04. The molecule has 0 saturated heterocycles. The lowest BCUT2D eigenvalue weighted by molar-refractivity contribution is -0.139. The van der Waals surface area contributed by atoms with Crippen LogP contribution in [0, 0.1) is 0 Å². The second-order valence-electron chi connectivity index (χ2n) is 3.01. The van der Waals surface area contributed by atoms with Crippen LogP contribution in [-0.4, -0.2) is 23.0 Å². The maximum absolute atomic E-state index is 11.0. The number of ether oxygens (including phenoxy) is 1. The van der Waals surface area contributed by atoms with E-state index in [2.05, 4.69) is 14.7 Å². The summed E-state index contributed by atoms with van der Waals surface area (Å²) in [5.74, 6) is -0.233. The van der Waals surface area contributed by atoms with Crippen LogP contribution in [0.2, 0.25) is 0 Å². The summed E-state index contributed by atoms with van der Waals surface area (Å²) in [4.78, 5) is 18.1. The van der Waals surface area contributed by atoms with Crippen molar-refractivity contribution in [3.8, 4) is 0 Å². The van der Waals surface area contributed by atoms with Gasteiger partial charge in [0.05, 0.1) is 30.9 Å². The van der Waals surface area contributed by atoms with Gasteiger partial charge in [0.1, 0.15) is 0 Å². The average molecular weight is 190 g/mol. The minimum atomic E-state index is -0.233. The van der Waals surface area contributed by atoms with Gasteiger partial charge in [0.25, 0.3) is 0 Å². The number of methoxy groups -OCH3 is 1. The van der Waals surface area contributed by atoms with Crippen LogP contribution in [-0.2, 0) is 16.0 Å². The molecule has 14 heavy (non-hydrogen) atoms. The number of nitrogens with one attached hydrogen (secondary N) is 1. The Labute approximate surface area is 80.9 Å². The molecule has 0 bridgehead atoms. The van der Waals surface area contributed by atoms with Crippen LogP contribution in [0.25, 0.3) is 11.0 Å². The van der Waals surface area contributed by atoms with Crippen molar-refractivity contribution in [2.45, 2.75) is 6.42 Å². The lowest BCUT2D eigenvalue weighted by Crippen LogP contribution is -2.04. The molecule has 0 aliphatic heterocycles. The molecule has 1 aromatic heterocycles. The number of fused-ring (bicyclic) bond motifs is 1. The molecule has 0 spiro atoms. The number of nitrogens with zero attached hydrogens (tertiary/aromatic N) is 1. The average Bonchev–Trinajstić information content (AvgIpc) is 2.64. The molecular weight excluding hydrogens is 180 g/mol. The second kappa shape index (κ2) is 3.49. The number of carbonyl (C=O) groups excluding carboxylic acids is 1. The van der Waals surface area contributed by atoms with E-state index in [1.807, 2.05) is 18.2 Å². The molecule has 4 heteroatoms. The van der Waals surface area contributed by atoms with Gasteiger partial charge in [-0.1, -0.05) is 6.07 Å². The van der Waals surface area contributed by atoms with Crippen LogP contribution in [0.5, 0.6) is 0 Å². The van der Waals surface area contributed by atoms with Crippen LogP contribution in [0.4, 0.5) is 0 Å². The van der Waals surface area contributed by atoms with E-state index in [4.69, 9.17) is 0 Å². The monoisotopic (exact) mass is 190 g/mol. The fourth-order valence-electron chi connectivity index (χ4n) is 1.33. The van der Waals surface area contributed by atoms with Gasteiger partial charge in [0, 0.05) is 0 Å². The molecule has 2 aromatic rings. The summed E-state index contributed by atoms with van der Waals surface area (Å²) in [5.41, 5.74) is 2.76. The van der Waals surface area contributed by atoms with E-state index >= 15 is 0 Å². The lowest BCUT2D eigenvalue weighted by atomic mass is 10.1. The third-order valence-electron chi connectivity index (χ3n) is 2.06. The van der Waals surface area contributed by atoms with Crippen molar-refractivity contribution in [1.82, 2.24) is 9.97 Å². The Kier molecular flexibility index (Phi) is 2.18. The molecule has 0 aliphatic carbocycles. The summed E-state index contributed by atoms with van der Waals surface area (Å²) in [5, 5.41) is 0. The van der Waals surface area contributed by atoms with Gasteiger partial charge in [-0.25, -0.2) is 4.98 Å². The van der Waals surface area contributed by atoms with Gasteiger partial charge < -0.3 is 9.72 Å². The lowest BCUT2D eigenvalue weighted by Gasteiger charge is -1.99. The molecule has 1 aromatic carbocycles. The molecule has 0 atom stereocenters. The van der Waals surface area contributed by atoms with Crippen molar-refractivity contribution in [2.75, 3.05) is 7.11 Å². The van der Waals surface area contributed by atoms with Crippen LogP contribution in [0.15, 0.2) is 24.5 Å². The standard InChI is InChI=1S/C10H10N2O2/c1-14-10(13)5-7-2-3-8-9(4-7)12-6-11-8/h2-4,6H,5H2,1H3,(H,11,12). The van der Waals surface area contributed by atoms with E-state index < -0.39 is 0 Å². The highest BCUT2D eigenvalue weighted by Crippen LogP contribution is 2.12. The van der Waals surface area contributed by atoms with Gasteiger partial charge in [0.15, 0.2) is 0 Å². The molecular formula is C10H10N2O2. The Balaban J connectivity index is 2.30. The minimum Gasteiger partial charge on any atom is -0.469 e. The SMILES string of the molecule is COC(=O)Cc1ccc2nc[nH]c2c1. The van der Waals surface area contributed by atoms with Crippen molar-refractivity contribution in [3.05, 3.63) is 30.1 Å². The summed E-state index contributed by atoms with van der Waals surface area (Å²) < 4.78 is 4.58. The van der Waals surface area contributed by atoms with Gasteiger partial charge >= 0.3 is 5.97 Å². The first-order valence-corrected chi connectivity index (χ1v) is 4.28. The van der Waals surface area contributed by atoms with Crippen molar-refractivity contribution in [3.63, 3.8) is 0 Å². The van der Waals surface area contributed by atoms with E-state index in [9.17, 15) is 4.79 Å². The zero-order valence-electron chi connectivity index (χ0n) is 7.78. The molecule has 0 radical (unpaired) electrons. The van der Waals surface area contributed by atoms with Gasteiger partial charge in [-0.2, -0.15) is 0 Å². The second-order valence-corrected chi connectivity index (χ2v) is 3.01. The number of aromatic amines is 1. The summed E-state index contributed by atoms with van der Waals surface area (Å²) in [7, 11) is 1.39. The first-order chi connectivity index (χ1) is 6.79. The quantitative estimate of drug-likeness (QED) is 0.726. The van der Waals surface area contributed by atoms with Gasteiger partial charge in [-0.3, -0.25) is 4.79 Å². The molecule has 0 fully saturated rings. The van der Waals surface area contributed by atoms with Crippen LogP contribution < -0.4 is 0 Å². The minimum absolute atomic E-state index is 0.233. The fraction of sp³-hybridized carbons (Fsp3) is 0.200. The third-order valence-corrected chi connectivity index (χ3v) is 2.06. The molecule has 72 valence electrons. The van der Waals surface area contributed by atoms with Crippen molar-refractivity contribution in [1.29, 1.82) is 0 Å². The summed E-state index contributed by atoms with van der Waals surface area (Å²) in [6.45, 7) is 0. The number of imidazole rings is 1. The molecule has 0 aliphatic rings. The highest BCUT2D eigenvalue weighted by atomic mass is 16.5. The number of carbonyl (C=O) groups is 1. The van der Waals surface area contributed by atoms with Gasteiger partial charge in [-0.05, 0) is 17.7 Å².